The first kappa shape index (κ1) is 27.0. The summed E-state index contributed by atoms with van der Waals surface area (Å²) in [6, 6.07) is 11.5. The molecule has 0 saturated carbocycles. The average molecular weight is 550 g/mol. The first-order chi connectivity index (χ1) is 19.1. The Kier molecular flexibility index (Phi) is 7.33. The fraction of sp³-hybridized carbons (Fsp3) is 0.393. The number of aromatic nitrogens is 2. The topological polar surface area (TPSA) is 138 Å². The molecule has 1 aromatic heterocycles. The molecular formula is C28H31N5O7. The van der Waals surface area contributed by atoms with Gasteiger partial charge in [-0.25, -0.2) is 9.48 Å². The van der Waals surface area contributed by atoms with E-state index in [0.29, 0.717) is 54.4 Å². The molecule has 12 nitrogen and oxygen atoms in total. The number of carbonyl (C=O) groups is 2. The minimum absolute atomic E-state index is 0.0372. The number of rotatable bonds is 6. The number of hydrogen-bond donors (Lipinski definition) is 1. The number of nitrogens with zero attached hydrogens (tertiary/aromatic N) is 4. The number of likely N-dealkylation sites (tertiary alicyclic amines) is 1. The van der Waals surface area contributed by atoms with Crippen LogP contribution in [0.15, 0.2) is 48.7 Å². The number of carbonyl (C=O) groups excluding carboxylic acids is 2. The molecule has 210 valence electrons. The van der Waals surface area contributed by atoms with Crippen LogP contribution in [0.2, 0.25) is 0 Å². The minimum atomic E-state index is -0.592. The van der Waals surface area contributed by atoms with Crippen molar-refractivity contribution in [3.05, 3.63) is 75.6 Å². The van der Waals surface area contributed by atoms with Crippen molar-refractivity contribution in [2.24, 2.45) is 0 Å². The van der Waals surface area contributed by atoms with Crippen molar-refractivity contribution in [2.45, 2.75) is 51.7 Å². The van der Waals surface area contributed by atoms with E-state index in [0.717, 1.165) is 5.56 Å². The van der Waals surface area contributed by atoms with Gasteiger partial charge in [-0.05, 0) is 63.4 Å². The zero-order valence-corrected chi connectivity index (χ0v) is 22.6. The largest absolute Gasteiger partial charge is 0.454 e. The molecule has 0 bridgehead atoms. The zero-order chi connectivity index (χ0) is 28.4. The molecule has 0 aliphatic carbocycles. The summed E-state index contributed by atoms with van der Waals surface area (Å²) in [6.45, 7) is 6.85. The Hall–Kier alpha value is -4.61. The van der Waals surface area contributed by atoms with Gasteiger partial charge in [0.1, 0.15) is 5.60 Å². The van der Waals surface area contributed by atoms with Crippen molar-refractivity contribution in [1.29, 1.82) is 0 Å². The summed E-state index contributed by atoms with van der Waals surface area (Å²) in [6.07, 6.45) is 2.35. The molecule has 2 amide bonds. The highest BCUT2D eigenvalue weighted by atomic mass is 16.7. The van der Waals surface area contributed by atoms with Crippen molar-refractivity contribution in [3.8, 4) is 17.2 Å². The quantitative estimate of drug-likeness (QED) is 0.349. The van der Waals surface area contributed by atoms with Crippen molar-refractivity contribution in [3.63, 3.8) is 0 Å². The second kappa shape index (κ2) is 10.9. The van der Waals surface area contributed by atoms with Crippen LogP contribution in [0.25, 0.3) is 5.69 Å². The molecule has 1 saturated heterocycles. The molecule has 2 aromatic carbocycles. The monoisotopic (exact) mass is 549 g/mol. The van der Waals surface area contributed by atoms with E-state index >= 15 is 0 Å². The molecule has 1 N–H and O–H groups in total. The Labute approximate surface area is 231 Å². The number of fused-ring (bicyclic) bond motifs is 1. The van der Waals surface area contributed by atoms with Gasteiger partial charge in [0, 0.05) is 37.7 Å². The predicted octanol–water partition coefficient (Wildman–Crippen LogP) is 4.55. The van der Waals surface area contributed by atoms with Gasteiger partial charge in [-0.2, -0.15) is 5.10 Å². The first-order valence-electron chi connectivity index (χ1n) is 13.1. The molecule has 3 aromatic rings. The standard InChI is InChI=1S/C28H31N5O7/c1-28(2,3)40-27(35)31-12-10-19(11-13-31)25-22(16-30-32(25)20-5-7-21(8-6-20)33(36)37)26(34)29-15-18-4-9-23-24(14-18)39-17-38-23/h4-9,14,16,19H,10-13,15,17H2,1-3H3,(H,29,34). The van der Waals surface area contributed by atoms with Crippen molar-refractivity contribution >= 4 is 17.7 Å². The van der Waals surface area contributed by atoms with E-state index in [2.05, 4.69) is 10.4 Å². The van der Waals surface area contributed by atoms with Crippen molar-refractivity contribution in [1.82, 2.24) is 20.0 Å². The maximum atomic E-state index is 13.4. The smallest absolute Gasteiger partial charge is 0.410 e. The van der Waals surface area contributed by atoms with Gasteiger partial charge >= 0.3 is 6.09 Å². The highest BCUT2D eigenvalue weighted by Gasteiger charge is 2.32. The molecule has 1 fully saturated rings. The third kappa shape index (κ3) is 5.85. The molecular weight excluding hydrogens is 518 g/mol. The first-order valence-corrected chi connectivity index (χ1v) is 13.1. The average Bonchev–Trinajstić information content (AvgIpc) is 3.58. The number of ether oxygens (including phenoxy) is 3. The summed E-state index contributed by atoms with van der Waals surface area (Å²) in [5.74, 6) is 0.924. The number of amides is 2. The molecule has 0 unspecified atom stereocenters. The summed E-state index contributed by atoms with van der Waals surface area (Å²) in [4.78, 5) is 38.4. The molecule has 40 heavy (non-hydrogen) atoms. The second-order valence-electron chi connectivity index (χ2n) is 10.7. The van der Waals surface area contributed by atoms with E-state index in [1.54, 1.807) is 27.8 Å². The van der Waals surface area contributed by atoms with E-state index in [1.165, 1.54) is 18.3 Å². The lowest BCUT2D eigenvalue weighted by atomic mass is 9.90. The van der Waals surface area contributed by atoms with Crippen LogP contribution in [0, 0.1) is 10.1 Å². The van der Waals surface area contributed by atoms with Gasteiger partial charge in [-0.1, -0.05) is 6.07 Å². The van der Waals surface area contributed by atoms with E-state index < -0.39 is 10.5 Å². The van der Waals surface area contributed by atoms with Gasteiger partial charge in [0.15, 0.2) is 11.5 Å². The van der Waals surface area contributed by atoms with Crippen molar-refractivity contribution < 1.29 is 28.7 Å². The number of nitro groups is 1. The molecule has 0 spiro atoms. The second-order valence-corrected chi connectivity index (χ2v) is 10.7. The molecule has 0 radical (unpaired) electrons. The lowest BCUT2D eigenvalue weighted by Crippen LogP contribution is -2.41. The van der Waals surface area contributed by atoms with Gasteiger partial charge in [-0.3, -0.25) is 14.9 Å². The SMILES string of the molecule is CC(C)(C)OC(=O)N1CCC(c2c(C(=O)NCc3ccc4c(c3)OCO4)cnn2-c2ccc([N+](=O)[O-])cc2)CC1. The normalized spacial score (nSPS) is 15.1. The Balaban J connectivity index is 1.38. The fourth-order valence-electron chi connectivity index (χ4n) is 4.84. The van der Waals surface area contributed by atoms with Crippen LogP contribution in [-0.4, -0.2) is 57.1 Å². The van der Waals surface area contributed by atoms with Crippen LogP contribution in [0.1, 0.15) is 61.1 Å². The van der Waals surface area contributed by atoms with Gasteiger partial charge < -0.3 is 24.4 Å². The van der Waals surface area contributed by atoms with Crippen LogP contribution in [0.4, 0.5) is 10.5 Å². The van der Waals surface area contributed by atoms with Crippen molar-refractivity contribution in [2.75, 3.05) is 19.9 Å². The molecule has 12 heteroatoms. The van der Waals surface area contributed by atoms with Crippen LogP contribution in [0.5, 0.6) is 11.5 Å². The Morgan fingerprint density at radius 3 is 2.48 bits per heavy atom. The summed E-state index contributed by atoms with van der Waals surface area (Å²) in [5.41, 5.74) is 1.93. The number of hydrogen-bond acceptors (Lipinski definition) is 8. The molecule has 2 aliphatic heterocycles. The van der Waals surface area contributed by atoms with Crippen LogP contribution >= 0.6 is 0 Å². The van der Waals surface area contributed by atoms with Crippen LogP contribution < -0.4 is 14.8 Å². The molecule has 2 aliphatic rings. The van der Waals surface area contributed by atoms with E-state index in [4.69, 9.17) is 14.2 Å². The Morgan fingerprint density at radius 2 is 1.80 bits per heavy atom. The highest BCUT2D eigenvalue weighted by Crippen LogP contribution is 2.34. The minimum Gasteiger partial charge on any atom is -0.454 e. The zero-order valence-electron chi connectivity index (χ0n) is 22.6. The maximum absolute atomic E-state index is 13.4. The van der Waals surface area contributed by atoms with E-state index in [9.17, 15) is 19.7 Å². The number of piperidine rings is 1. The van der Waals surface area contributed by atoms with E-state index in [-0.39, 0.29) is 36.9 Å². The number of nitro benzene ring substituents is 1. The predicted molar refractivity (Wildman–Crippen MR) is 144 cm³/mol. The molecule has 5 rings (SSSR count). The highest BCUT2D eigenvalue weighted by molar-refractivity contribution is 5.95. The number of non-ortho nitro benzene ring substituents is 1. The maximum Gasteiger partial charge on any atom is 0.410 e. The Morgan fingerprint density at radius 1 is 1.10 bits per heavy atom. The summed E-state index contributed by atoms with van der Waals surface area (Å²) >= 11 is 0. The molecule has 3 heterocycles. The summed E-state index contributed by atoms with van der Waals surface area (Å²) < 4.78 is 18.0. The van der Waals surface area contributed by atoms with Gasteiger partial charge in [-0.15, -0.1) is 0 Å². The third-order valence-electron chi connectivity index (χ3n) is 6.78. The summed E-state index contributed by atoms with van der Waals surface area (Å²) in [7, 11) is 0. The molecule has 0 atom stereocenters. The van der Waals surface area contributed by atoms with Gasteiger partial charge in [0.25, 0.3) is 11.6 Å². The number of nitrogens with one attached hydrogen (secondary N) is 1. The fourth-order valence-corrected chi connectivity index (χ4v) is 4.84. The third-order valence-corrected chi connectivity index (χ3v) is 6.78. The van der Waals surface area contributed by atoms with Gasteiger partial charge in [0.05, 0.1) is 28.1 Å². The lowest BCUT2D eigenvalue weighted by Gasteiger charge is -2.34. The van der Waals surface area contributed by atoms with Crippen LogP contribution in [-0.2, 0) is 11.3 Å². The van der Waals surface area contributed by atoms with Crippen LogP contribution in [0.3, 0.4) is 0 Å². The summed E-state index contributed by atoms with van der Waals surface area (Å²) in [5, 5.41) is 18.6. The lowest BCUT2D eigenvalue weighted by molar-refractivity contribution is -0.384. The number of benzene rings is 2. The van der Waals surface area contributed by atoms with E-state index in [1.807, 2.05) is 32.9 Å². The van der Waals surface area contributed by atoms with Gasteiger partial charge in [0.2, 0.25) is 6.79 Å². The Bertz CT molecular complexity index is 1420.